The fourth-order valence-electron chi connectivity index (χ4n) is 3.66. The molecule has 4 heteroatoms. The molecular formula is C17H18O3S. The Morgan fingerprint density at radius 1 is 1.38 bits per heavy atom. The molecule has 0 spiro atoms. The van der Waals surface area contributed by atoms with Gasteiger partial charge in [-0.25, -0.2) is 0 Å². The predicted molar refractivity (Wildman–Crippen MR) is 82.7 cm³/mol. The normalized spacial score (nSPS) is 29.0. The van der Waals surface area contributed by atoms with Gasteiger partial charge in [-0.3, -0.25) is 4.79 Å². The second-order valence-electron chi connectivity index (χ2n) is 6.27. The molecule has 1 N–H and O–H groups in total. The molecular weight excluding hydrogens is 284 g/mol. The number of ether oxygens (including phenoxy) is 1. The fraction of sp³-hybridized carbons (Fsp3) is 0.471. The first kappa shape index (κ1) is 13.3. The molecule has 2 unspecified atom stereocenters. The van der Waals surface area contributed by atoms with E-state index in [1.54, 1.807) is 11.3 Å². The summed E-state index contributed by atoms with van der Waals surface area (Å²) in [7, 11) is 0. The van der Waals surface area contributed by atoms with Crippen LogP contribution in [0.5, 0.6) is 0 Å². The maximum Gasteiger partial charge on any atom is 0.312 e. The van der Waals surface area contributed by atoms with Crippen molar-refractivity contribution >= 4 is 27.4 Å². The molecule has 0 amide bonds. The van der Waals surface area contributed by atoms with Crippen molar-refractivity contribution in [3.63, 3.8) is 0 Å². The van der Waals surface area contributed by atoms with Crippen molar-refractivity contribution in [2.45, 2.75) is 31.8 Å². The van der Waals surface area contributed by atoms with Crippen LogP contribution < -0.4 is 0 Å². The van der Waals surface area contributed by atoms with Crippen LogP contribution in [0.25, 0.3) is 10.1 Å². The van der Waals surface area contributed by atoms with E-state index in [4.69, 9.17) is 4.74 Å². The molecule has 1 saturated carbocycles. The fourth-order valence-corrected chi connectivity index (χ4v) is 4.62. The summed E-state index contributed by atoms with van der Waals surface area (Å²) in [4.78, 5) is 12.1. The Balaban J connectivity index is 1.73. The van der Waals surface area contributed by atoms with Gasteiger partial charge in [0.05, 0.1) is 6.10 Å². The van der Waals surface area contributed by atoms with Crippen LogP contribution in [0.4, 0.5) is 0 Å². The summed E-state index contributed by atoms with van der Waals surface area (Å²) >= 11 is 1.70. The van der Waals surface area contributed by atoms with Crippen molar-refractivity contribution in [2.24, 2.45) is 11.3 Å². The summed E-state index contributed by atoms with van der Waals surface area (Å²) in [6.45, 7) is 0.579. The smallest absolute Gasteiger partial charge is 0.312 e. The van der Waals surface area contributed by atoms with Gasteiger partial charge in [0.2, 0.25) is 0 Å². The van der Waals surface area contributed by atoms with E-state index in [1.165, 1.54) is 10.1 Å². The maximum absolute atomic E-state index is 12.1. The van der Waals surface area contributed by atoms with E-state index in [1.807, 2.05) is 12.1 Å². The van der Waals surface area contributed by atoms with Gasteiger partial charge in [-0.15, -0.1) is 11.3 Å². The minimum absolute atomic E-state index is 0.103. The predicted octanol–water partition coefficient (Wildman–Crippen LogP) is 3.71. The Bertz CT molecular complexity index is 688. The van der Waals surface area contributed by atoms with Gasteiger partial charge >= 0.3 is 5.97 Å². The molecule has 3 nitrogen and oxygen atoms in total. The molecule has 4 rings (SSSR count). The molecule has 0 bridgehead atoms. The number of carboxylic acids is 1. The lowest BCUT2D eigenvalue weighted by atomic mass is 9.74. The number of carbonyl (C=O) groups is 1. The Labute approximate surface area is 127 Å². The summed E-state index contributed by atoms with van der Waals surface area (Å²) in [6, 6.07) is 8.25. The van der Waals surface area contributed by atoms with E-state index in [2.05, 4.69) is 17.5 Å². The molecule has 1 aromatic heterocycles. The van der Waals surface area contributed by atoms with Crippen molar-refractivity contribution in [3.8, 4) is 0 Å². The Morgan fingerprint density at radius 3 is 2.95 bits per heavy atom. The van der Waals surface area contributed by atoms with E-state index < -0.39 is 11.4 Å². The lowest BCUT2D eigenvalue weighted by molar-refractivity contribution is -0.153. The molecule has 0 radical (unpaired) electrons. The van der Waals surface area contributed by atoms with E-state index in [-0.39, 0.29) is 6.10 Å². The monoisotopic (exact) mass is 302 g/mol. The van der Waals surface area contributed by atoms with Crippen LogP contribution in [-0.4, -0.2) is 23.8 Å². The number of thiophene rings is 1. The number of rotatable bonds is 4. The number of carboxylic acid groups (broad SMARTS) is 1. The van der Waals surface area contributed by atoms with Gasteiger partial charge in [0.15, 0.2) is 0 Å². The summed E-state index contributed by atoms with van der Waals surface area (Å²) in [5.74, 6) is -0.235. The van der Waals surface area contributed by atoms with Gasteiger partial charge in [0.25, 0.3) is 0 Å². The molecule has 1 saturated heterocycles. The zero-order valence-electron chi connectivity index (χ0n) is 11.7. The first-order valence-electron chi connectivity index (χ1n) is 7.51. The lowest BCUT2D eigenvalue weighted by Gasteiger charge is -2.29. The van der Waals surface area contributed by atoms with E-state index in [9.17, 15) is 9.90 Å². The second-order valence-corrected chi connectivity index (χ2v) is 7.19. The van der Waals surface area contributed by atoms with Crippen LogP contribution >= 0.6 is 11.3 Å². The Morgan fingerprint density at radius 2 is 2.19 bits per heavy atom. The lowest BCUT2D eigenvalue weighted by Crippen LogP contribution is -2.42. The molecule has 1 aliphatic carbocycles. The largest absolute Gasteiger partial charge is 0.481 e. The number of aliphatic carboxylic acids is 1. The minimum Gasteiger partial charge on any atom is -0.481 e. The molecule has 2 aromatic rings. The highest BCUT2D eigenvalue weighted by molar-refractivity contribution is 7.17. The SMILES string of the molecule is O=C(O)C1(Cc2csc3ccccc23)CCOC1C1CC1. The highest BCUT2D eigenvalue weighted by atomic mass is 32.1. The number of benzene rings is 1. The second kappa shape index (κ2) is 4.82. The van der Waals surface area contributed by atoms with E-state index in [0.717, 1.165) is 18.4 Å². The van der Waals surface area contributed by atoms with Crippen molar-refractivity contribution in [1.29, 1.82) is 0 Å². The molecule has 21 heavy (non-hydrogen) atoms. The first-order valence-corrected chi connectivity index (χ1v) is 8.39. The van der Waals surface area contributed by atoms with Crippen LogP contribution in [0.3, 0.4) is 0 Å². The first-order chi connectivity index (χ1) is 10.2. The van der Waals surface area contributed by atoms with Gasteiger partial charge < -0.3 is 9.84 Å². The van der Waals surface area contributed by atoms with Crippen LogP contribution in [-0.2, 0) is 16.0 Å². The van der Waals surface area contributed by atoms with Crippen molar-refractivity contribution in [3.05, 3.63) is 35.2 Å². The highest BCUT2D eigenvalue weighted by Crippen LogP contribution is 2.50. The van der Waals surface area contributed by atoms with E-state index >= 15 is 0 Å². The minimum atomic E-state index is -0.731. The van der Waals surface area contributed by atoms with Gasteiger partial charge in [-0.2, -0.15) is 0 Å². The van der Waals surface area contributed by atoms with Crippen LogP contribution in [0.2, 0.25) is 0 Å². The number of hydrogen-bond acceptors (Lipinski definition) is 3. The third kappa shape index (κ3) is 2.09. The topological polar surface area (TPSA) is 46.5 Å². The summed E-state index contributed by atoms with van der Waals surface area (Å²) in [5.41, 5.74) is 0.430. The van der Waals surface area contributed by atoms with Crippen molar-refractivity contribution in [2.75, 3.05) is 6.61 Å². The van der Waals surface area contributed by atoms with Crippen LogP contribution in [0, 0.1) is 11.3 Å². The maximum atomic E-state index is 12.1. The summed E-state index contributed by atoms with van der Waals surface area (Å²) in [6.07, 6.45) is 3.35. The summed E-state index contributed by atoms with van der Waals surface area (Å²) in [5, 5.41) is 13.2. The van der Waals surface area contributed by atoms with Crippen molar-refractivity contribution < 1.29 is 14.6 Å². The van der Waals surface area contributed by atoms with E-state index in [0.29, 0.717) is 25.4 Å². The van der Waals surface area contributed by atoms with Gasteiger partial charge in [-0.1, -0.05) is 18.2 Å². The number of hydrogen-bond donors (Lipinski definition) is 1. The van der Waals surface area contributed by atoms with Crippen LogP contribution in [0.1, 0.15) is 24.8 Å². The van der Waals surface area contributed by atoms with Gasteiger partial charge in [0.1, 0.15) is 5.41 Å². The molecule has 1 aromatic carbocycles. The van der Waals surface area contributed by atoms with Gasteiger partial charge in [0, 0.05) is 11.3 Å². The Kier molecular flexibility index (Phi) is 3.05. The summed E-state index contributed by atoms with van der Waals surface area (Å²) < 4.78 is 7.07. The molecule has 1 aliphatic heterocycles. The quantitative estimate of drug-likeness (QED) is 0.936. The third-order valence-corrected chi connectivity index (χ3v) is 5.95. The zero-order valence-corrected chi connectivity index (χ0v) is 12.6. The average molecular weight is 302 g/mol. The Hall–Kier alpha value is -1.39. The standard InChI is InChI=1S/C17H18O3S/c18-16(19)17(7-8-20-15(17)11-5-6-11)9-12-10-21-14-4-2-1-3-13(12)14/h1-4,10-11,15H,5-9H2,(H,18,19). The zero-order chi connectivity index (χ0) is 14.4. The molecule has 110 valence electrons. The van der Waals surface area contributed by atoms with Crippen LogP contribution in [0.15, 0.2) is 29.6 Å². The molecule has 2 atom stereocenters. The number of fused-ring (bicyclic) bond motifs is 1. The highest BCUT2D eigenvalue weighted by Gasteiger charge is 2.55. The third-order valence-electron chi connectivity index (χ3n) is 4.93. The molecule has 2 heterocycles. The molecule has 2 fully saturated rings. The van der Waals surface area contributed by atoms with Gasteiger partial charge in [-0.05, 0) is 54.0 Å². The van der Waals surface area contributed by atoms with Crippen molar-refractivity contribution in [1.82, 2.24) is 0 Å². The molecule has 2 aliphatic rings. The average Bonchev–Trinajstić information content (AvgIpc) is 3.11.